The number of Topliss-reactive ketones (excluding diaryl/α,β-unsaturated/α-hetero) is 1. The summed E-state index contributed by atoms with van der Waals surface area (Å²) in [7, 11) is -2.54. The van der Waals surface area contributed by atoms with E-state index in [1.807, 2.05) is 0 Å². The van der Waals surface area contributed by atoms with Crippen molar-refractivity contribution < 1.29 is 27.5 Å². The van der Waals surface area contributed by atoms with Crippen LogP contribution in [0, 0.1) is 0 Å². The smallest absolute Gasteiger partial charge is 0.274 e. The van der Waals surface area contributed by atoms with Crippen LogP contribution in [0.15, 0.2) is 53.4 Å². The monoisotopic (exact) mass is 361 g/mol. The predicted octanol–water partition coefficient (Wildman–Crippen LogP) is 1.49. The molecule has 0 saturated heterocycles. The zero-order valence-electron chi connectivity index (χ0n) is 13.3. The van der Waals surface area contributed by atoms with Gasteiger partial charge >= 0.3 is 0 Å². The molecule has 0 radical (unpaired) electrons. The first-order valence-corrected chi connectivity index (χ1v) is 8.82. The fourth-order valence-corrected chi connectivity index (χ4v) is 4.01. The van der Waals surface area contributed by atoms with Crippen molar-refractivity contribution in [2.75, 3.05) is 20.3 Å². The highest BCUT2D eigenvalue weighted by Gasteiger charge is 2.38. The van der Waals surface area contributed by atoms with Gasteiger partial charge in [0.05, 0.1) is 12.0 Å². The van der Waals surface area contributed by atoms with Gasteiger partial charge in [-0.15, -0.1) is 0 Å². The summed E-state index contributed by atoms with van der Waals surface area (Å²) >= 11 is 0. The molecule has 1 heterocycles. The SMILES string of the molecule is COc1ccc(OCC(=O)N2CC(=O)c3ccccc3S2(=O)=O)cc1. The largest absolute Gasteiger partial charge is 0.497 e. The molecule has 0 bridgehead atoms. The Morgan fingerprint density at radius 1 is 1.08 bits per heavy atom. The third-order valence-corrected chi connectivity index (χ3v) is 5.57. The van der Waals surface area contributed by atoms with E-state index >= 15 is 0 Å². The van der Waals surface area contributed by atoms with Gasteiger partial charge in [-0.2, -0.15) is 0 Å². The number of fused-ring (bicyclic) bond motifs is 1. The van der Waals surface area contributed by atoms with Crippen LogP contribution in [0.4, 0.5) is 0 Å². The van der Waals surface area contributed by atoms with Crippen molar-refractivity contribution in [3.05, 3.63) is 54.1 Å². The molecular formula is C17H15NO6S. The van der Waals surface area contributed by atoms with Crippen molar-refractivity contribution >= 4 is 21.7 Å². The second-order valence-corrected chi connectivity index (χ2v) is 7.12. The molecule has 7 nitrogen and oxygen atoms in total. The minimum absolute atomic E-state index is 0.0997. The van der Waals surface area contributed by atoms with E-state index in [2.05, 4.69) is 0 Å². The van der Waals surface area contributed by atoms with Crippen LogP contribution >= 0.6 is 0 Å². The van der Waals surface area contributed by atoms with E-state index in [0.717, 1.165) is 0 Å². The van der Waals surface area contributed by atoms with Crippen molar-refractivity contribution in [1.29, 1.82) is 0 Å². The highest BCUT2D eigenvalue weighted by Crippen LogP contribution is 2.26. The highest BCUT2D eigenvalue weighted by molar-refractivity contribution is 7.90. The van der Waals surface area contributed by atoms with E-state index in [-0.39, 0.29) is 10.5 Å². The molecule has 3 rings (SSSR count). The zero-order chi connectivity index (χ0) is 18.0. The summed E-state index contributed by atoms with van der Waals surface area (Å²) in [6, 6.07) is 12.3. The molecule has 0 spiro atoms. The average Bonchev–Trinajstić information content (AvgIpc) is 2.63. The summed E-state index contributed by atoms with van der Waals surface area (Å²) in [5.41, 5.74) is 0.0997. The number of carbonyl (C=O) groups is 2. The van der Waals surface area contributed by atoms with Crippen LogP contribution in [-0.2, 0) is 14.8 Å². The zero-order valence-corrected chi connectivity index (χ0v) is 14.2. The first kappa shape index (κ1) is 17.0. The van der Waals surface area contributed by atoms with Crippen molar-refractivity contribution in [3.8, 4) is 11.5 Å². The topological polar surface area (TPSA) is 90.0 Å². The average molecular weight is 361 g/mol. The molecule has 1 aliphatic rings. The second-order valence-electron chi connectivity index (χ2n) is 5.29. The number of methoxy groups -OCH3 is 1. The van der Waals surface area contributed by atoms with E-state index < -0.39 is 34.9 Å². The van der Waals surface area contributed by atoms with E-state index in [9.17, 15) is 18.0 Å². The molecule has 25 heavy (non-hydrogen) atoms. The molecule has 0 atom stereocenters. The van der Waals surface area contributed by atoms with Crippen LogP contribution in [0.3, 0.4) is 0 Å². The Morgan fingerprint density at radius 2 is 1.72 bits per heavy atom. The fourth-order valence-electron chi connectivity index (χ4n) is 2.45. The molecule has 0 aliphatic carbocycles. The molecule has 0 fully saturated rings. The number of nitrogens with zero attached hydrogens (tertiary/aromatic N) is 1. The summed E-state index contributed by atoms with van der Waals surface area (Å²) in [6.07, 6.45) is 0. The summed E-state index contributed by atoms with van der Waals surface area (Å²) < 4.78 is 36.0. The lowest BCUT2D eigenvalue weighted by Gasteiger charge is -2.27. The van der Waals surface area contributed by atoms with Gasteiger partial charge in [0.25, 0.3) is 15.9 Å². The molecule has 0 N–H and O–H groups in total. The number of ketones is 1. The van der Waals surface area contributed by atoms with Gasteiger partial charge in [-0.3, -0.25) is 9.59 Å². The lowest BCUT2D eigenvalue weighted by atomic mass is 10.1. The Labute approximate surface area is 144 Å². The van der Waals surface area contributed by atoms with Crippen molar-refractivity contribution in [2.45, 2.75) is 4.90 Å². The van der Waals surface area contributed by atoms with Crippen molar-refractivity contribution in [2.24, 2.45) is 0 Å². The number of hydrogen-bond acceptors (Lipinski definition) is 6. The number of ether oxygens (including phenoxy) is 2. The van der Waals surface area contributed by atoms with Crippen LogP contribution in [0.2, 0.25) is 0 Å². The molecule has 0 saturated carbocycles. The third kappa shape index (κ3) is 3.20. The number of amides is 1. The maximum Gasteiger partial charge on any atom is 0.274 e. The Bertz CT molecular complexity index is 920. The molecule has 0 unspecified atom stereocenters. The lowest BCUT2D eigenvalue weighted by molar-refractivity contribution is -0.128. The van der Waals surface area contributed by atoms with Crippen LogP contribution in [0.25, 0.3) is 0 Å². The number of benzene rings is 2. The summed E-state index contributed by atoms with van der Waals surface area (Å²) in [4.78, 5) is 24.3. The van der Waals surface area contributed by atoms with Crippen molar-refractivity contribution in [3.63, 3.8) is 0 Å². The third-order valence-electron chi connectivity index (χ3n) is 3.74. The molecule has 1 amide bonds. The van der Waals surface area contributed by atoms with Gasteiger partial charge in [0.2, 0.25) is 0 Å². The molecule has 2 aromatic carbocycles. The van der Waals surface area contributed by atoms with Crippen LogP contribution < -0.4 is 9.47 Å². The maximum absolute atomic E-state index is 12.6. The number of sulfonamides is 1. The van der Waals surface area contributed by atoms with E-state index in [1.165, 1.54) is 25.3 Å². The van der Waals surface area contributed by atoms with E-state index in [0.29, 0.717) is 15.8 Å². The normalized spacial score (nSPS) is 15.4. The van der Waals surface area contributed by atoms with Gasteiger partial charge in [-0.05, 0) is 36.4 Å². The van der Waals surface area contributed by atoms with Gasteiger partial charge in [0, 0.05) is 5.56 Å². The fraction of sp³-hybridized carbons (Fsp3) is 0.176. The molecule has 8 heteroatoms. The summed E-state index contributed by atoms with van der Waals surface area (Å²) in [5.74, 6) is -0.225. The van der Waals surface area contributed by atoms with Crippen LogP contribution in [0.5, 0.6) is 11.5 Å². The molecule has 0 aromatic heterocycles. The predicted molar refractivity (Wildman–Crippen MR) is 88.2 cm³/mol. The van der Waals surface area contributed by atoms with Crippen LogP contribution in [0.1, 0.15) is 10.4 Å². The second kappa shape index (κ2) is 6.56. The van der Waals surface area contributed by atoms with Gasteiger partial charge in [-0.1, -0.05) is 12.1 Å². The van der Waals surface area contributed by atoms with Crippen LogP contribution in [-0.4, -0.2) is 44.7 Å². The Morgan fingerprint density at radius 3 is 2.40 bits per heavy atom. The Kier molecular flexibility index (Phi) is 4.45. The summed E-state index contributed by atoms with van der Waals surface area (Å²) in [6.45, 7) is -1.02. The summed E-state index contributed by atoms with van der Waals surface area (Å²) in [5, 5.41) is 0. The Hall–Kier alpha value is -2.87. The maximum atomic E-state index is 12.6. The lowest BCUT2D eigenvalue weighted by Crippen LogP contribution is -2.46. The van der Waals surface area contributed by atoms with Crippen molar-refractivity contribution in [1.82, 2.24) is 4.31 Å². The standard InChI is InChI=1S/C17H15NO6S/c1-23-12-6-8-13(9-7-12)24-11-17(20)18-10-15(19)14-4-2-3-5-16(14)25(18,21)22/h2-9H,10-11H2,1H3. The molecule has 2 aromatic rings. The minimum Gasteiger partial charge on any atom is -0.497 e. The number of hydrogen-bond donors (Lipinski definition) is 0. The molecular weight excluding hydrogens is 346 g/mol. The van der Waals surface area contributed by atoms with Gasteiger partial charge in [-0.25, -0.2) is 12.7 Å². The van der Waals surface area contributed by atoms with E-state index in [1.54, 1.807) is 30.3 Å². The van der Waals surface area contributed by atoms with Gasteiger partial charge < -0.3 is 9.47 Å². The molecule has 1 aliphatic heterocycles. The first-order chi connectivity index (χ1) is 11.9. The van der Waals surface area contributed by atoms with Gasteiger partial charge in [0.15, 0.2) is 12.4 Å². The minimum atomic E-state index is -4.07. The first-order valence-electron chi connectivity index (χ1n) is 7.38. The van der Waals surface area contributed by atoms with E-state index in [4.69, 9.17) is 9.47 Å². The highest BCUT2D eigenvalue weighted by atomic mass is 32.2. The quantitative estimate of drug-likeness (QED) is 0.820. The number of carbonyl (C=O) groups excluding carboxylic acids is 2. The molecule has 130 valence electrons. The van der Waals surface area contributed by atoms with Gasteiger partial charge in [0.1, 0.15) is 18.0 Å². The Balaban J connectivity index is 1.77. The number of rotatable bonds is 4.